The minimum atomic E-state index is -0.550. The second-order valence-electron chi connectivity index (χ2n) is 8.14. The minimum Gasteiger partial charge on any atom is -0.315 e. The quantitative estimate of drug-likeness (QED) is 0.384. The number of amides is 2. The number of benzene rings is 3. The Labute approximate surface area is 208 Å². The third kappa shape index (κ3) is 4.75. The number of para-hydroxylation sites is 1. The summed E-state index contributed by atoms with van der Waals surface area (Å²) in [4.78, 5) is 33.4. The van der Waals surface area contributed by atoms with Gasteiger partial charge in [-0.1, -0.05) is 29.8 Å². The van der Waals surface area contributed by atoms with Gasteiger partial charge in [-0.25, -0.2) is 9.78 Å². The zero-order valence-corrected chi connectivity index (χ0v) is 20.4. The molecule has 1 N–H and O–H groups in total. The van der Waals surface area contributed by atoms with E-state index in [1.54, 1.807) is 70.1 Å². The van der Waals surface area contributed by atoms with Crippen LogP contribution in [0.1, 0.15) is 36.8 Å². The van der Waals surface area contributed by atoms with E-state index in [1.165, 1.54) is 0 Å². The summed E-state index contributed by atoms with van der Waals surface area (Å²) in [6.45, 7) is 5.95. The van der Waals surface area contributed by atoms with E-state index in [2.05, 4.69) is 11.4 Å². The van der Waals surface area contributed by atoms with Gasteiger partial charge in [-0.15, -0.1) is 0 Å². The van der Waals surface area contributed by atoms with Crippen molar-refractivity contribution in [1.82, 2.24) is 14.5 Å². The van der Waals surface area contributed by atoms with E-state index in [0.717, 1.165) is 5.56 Å². The number of urea groups is 1. The number of carbonyl (C=O) groups is 1. The van der Waals surface area contributed by atoms with Crippen LogP contribution in [0, 0.1) is 18.3 Å². The van der Waals surface area contributed by atoms with Crippen molar-refractivity contribution >= 4 is 34.2 Å². The lowest BCUT2D eigenvalue weighted by atomic mass is 10.1. The Balaban J connectivity index is 1.83. The summed E-state index contributed by atoms with van der Waals surface area (Å²) in [6, 6.07) is 20.3. The summed E-state index contributed by atoms with van der Waals surface area (Å²) >= 11 is 6.17. The third-order valence-electron chi connectivity index (χ3n) is 5.89. The molecule has 35 heavy (non-hydrogen) atoms. The lowest BCUT2D eigenvalue weighted by Gasteiger charge is -2.30. The largest absolute Gasteiger partial charge is 0.322 e. The van der Waals surface area contributed by atoms with Crippen molar-refractivity contribution in [2.24, 2.45) is 0 Å². The summed E-state index contributed by atoms with van der Waals surface area (Å²) in [5.74, 6) is 0.432. The van der Waals surface area contributed by atoms with Gasteiger partial charge in [0.1, 0.15) is 5.82 Å². The highest BCUT2D eigenvalue weighted by molar-refractivity contribution is 6.30. The summed E-state index contributed by atoms with van der Waals surface area (Å²) in [7, 11) is 0. The number of rotatable bonds is 5. The second-order valence-corrected chi connectivity index (χ2v) is 8.58. The van der Waals surface area contributed by atoms with Gasteiger partial charge < -0.3 is 10.2 Å². The molecule has 1 unspecified atom stereocenters. The minimum absolute atomic E-state index is 0.221. The van der Waals surface area contributed by atoms with Gasteiger partial charge in [0.05, 0.1) is 34.3 Å². The van der Waals surface area contributed by atoms with Crippen LogP contribution >= 0.6 is 11.6 Å². The summed E-state index contributed by atoms with van der Waals surface area (Å²) in [5.41, 5.74) is 2.75. The number of halogens is 1. The number of fused-ring (bicyclic) bond motifs is 1. The van der Waals surface area contributed by atoms with Crippen LogP contribution in [0.2, 0.25) is 5.02 Å². The highest BCUT2D eigenvalue weighted by Gasteiger charge is 2.26. The zero-order valence-electron chi connectivity index (χ0n) is 19.6. The molecule has 0 bridgehead atoms. The Kier molecular flexibility index (Phi) is 6.85. The van der Waals surface area contributed by atoms with Gasteiger partial charge >= 0.3 is 6.03 Å². The van der Waals surface area contributed by atoms with Gasteiger partial charge in [0.25, 0.3) is 5.56 Å². The molecule has 0 aliphatic carbocycles. The molecule has 4 rings (SSSR count). The van der Waals surface area contributed by atoms with E-state index < -0.39 is 6.04 Å². The molecule has 0 spiro atoms. The van der Waals surface area contributed by atoms with E-state index in [9.17, 15) is 9.59 Å². The molecule has 2 amide bonds. The molecule has 0 fully saturated rings. The molecular weight excluding hydrogens is 462 g/mol. The number of nitriles is 1. The molecule has 1 aromatic heterocycles. The summed E-state index contributed by atoms with van der Waals surface area (Å²) in [5, 5.41) is 13.1. The van der Waals surface area contributed by atoms with Crippen LogP contribution in [0.25, 0.3) is 16.6 Å². The Morgan fingerprint density at radius 3 is 2.66 bits per heavy atom. The first-order valence-corrected chi connectivity index (χ1v) is 11.6. The van der Waals surface area contributed by atoms with Crippen LogP contribution in [-0.4, -0.2) is 27.0 Å². The molecule has 0 aliphatic heterocycles. The predicted octanol–water partition coefficient (Wildman–Crippen LogP) is 5.83. The molecule has 4 aromatic rings. The van der Waals surface area contributed by atoms with Gasteiger partial charge in [0.15, 0.2) is 0 Å². The highest BCUT2D eigenvalue weighted by atomic mass is 35.5. The SMILES string of the molecule is CCN(C(=O)Nc1cccc(C#N)c1)C(C)c1nc2ccccc2c(=O)n1-c1ccc(Cl)cc1C. The van der Waals surface area contributed by atoms with Crippen molar-refractivity contribution in [2.75, 3.05) is 11.9 Å². The number of hydrogen-bond donors (Lipinski definition) is 1. The number of anilines is 1. The van der Waals surface area contributed by atoms with Crippen molar-refractivity contribution in [2.45, 2.75) is 26.8 Å². The smallest absolute Gasteiger partial charge is 0.315 e. The normalized spacial score (nSPS) is 11.6. The van der Waals surface area contributed by atoms with Crippen LogP contribution < -0.4 is 10.9 Å². The first-order valence-electron chi connectivity index (χ1n) is 11.2. The standard InChI is InChI=1S/C27H24ClN5O2/c1-4-32(27(35)30-21-9-7-8-19(15-21)16-29)18(3)25-31-23-11-6-5-10-22(23)26(34)33(25)24-13-12-20(28)14-17(24)2/h5-15,18H,4H2,1-3H3,(H,30,35). The fourth-order valence-corrected chi connectivity index (χ4v) is 4.35. The molecule has 0 saturated heterocycles. The topological polar surface area (TPSA) is 91.0 Å². The van der Waals surface area contributed by atoms with E-state index in [-0.39, 0.29) is 11.6 Å². The molecule has 1 heterocycles. The number of nitrogens with one attached hydrogen (secondary N) is 1. The molecule has 7 nitrogen and oxygen atoms in total. The maximum absolute atomic E-state index is 13.7. The van der Waals surface area contributed by atoms with Crippen molar-refractivity contribution in [3.8, 4) is 11.8 Å². The molecular formula is C27H24ClN5O2. The first kappa shape index (κ1) is 24.0. The number of aromatic nitrogens is 2. The monoisotopic (exact) mass is 485 g/mol. The molecule has 1 atom stereocenters. The van der Waals surface area contributed by atoms with Gasteiger partial charge in [-0.05, 0) is 74.9 Å². The number of aryl methyl sites for hydroxylation is 1. The van der Waals surface area contributed by atoms with Crippen LogP contribution in [0.5, 0.6) is 0 Å². The predicted molar refractivity (Wildman–Crippen MR) is 138 cm³/mol. The highest BCUT2D eigenvalue weighted by Crippen LogP contribution is 2.26. The van der Waals surface area contributed by atoms with Crippen molar-refractivity contribution in [1.29, 1.82) is 5.26 Å². The van der Waals surface area contributed by atoms with E-state index in [4.69, 9.17) is 21.8 Å². The van der Waals surface area contributed by atoms with Crippen molar-refractivity contribution in [3.63, 3.8) is 0 Å². The number of nitrogens with zero attached hydrogens (tertiary/aromatic N) is 4. The lowest BCUT2D eigenvalue weighted by molar-refractivity contribution is 0.193. The van der Waals surface area contributed by atoms with Crippen LogP contribution in [0.3, 0.4) is 0 Å². The first-order chi connectivity index (χ1) is 16.8. The van der Waals surface area contributed by atoms with E-state index in [1.807, 2.05) is 26.8 Å². The number of hydrogen-bond acceptors (Lipinski definition) is 4. The Hall–Kier alpha value is -4.15. The molecule has 0 saturated carbocycles. The zero-order chi connectivity index (χ0) is 25.1. The molecule has 0 aliphatic rings. The summed E-state index contributed by atoms with van der Waals surface area (Å²) < 4.78 is 1.56. The van der Waals surface area contributed by atoms with Gasteiger partial charge in [0.2, 0.25) is 0 Å². The van der Waals surface area contributed by atoms with E-state index >= 15 is 0 Å². The Bertz CT molecular complexity index is 1520. The average Bonchev–Trinajstić information content (AvgIpc) is 2.85. The Morgan fingerprint density at radius 2 is 1.94 bits per heavy atom. The third-order valence-corrected chi connectivity index (χ3v) is 6.12. The maximum atomic E-state index is 13.7. The Morgan fingerprint density at radius 1 is 1.17 bits per heavy atom. The molecule has 3 aromatic carbocycles. The number of carbonyl (C=O) groups excluding carboxylic acids is 1. The second kappa shape index (κ2) is 10.00. The van der Waals surface area contributed by atoms with Gasteiger partial charge in [0, 0.05) is 17.3 Å². The summed E-state index contributed by atoms with van der Waals surface area (Å²) in [6.07, 6.45) is 0. The van der Waals surface area contributed by atoms with Crippen LogP contribution in [0.4, 0.5) is 10.5 Å². The van der Waals surface area contributed by atoms with Crippen LogP contribution in [0.15, 0.2) is 71.5 Å². The molecule has 8 heteroatoms. The average molecular weight is 486 g/mol. The van der Waals surface area contributed by atoms with Crippen LogP contribution in [-0.2, 0) is 0 Å². The molecule has 176 valence electrons. The van der Waals surface area contributed by atoms with Crippen molar-refractivity contribution < 1.29 is 4.79 Å². The fraction of sp³-hybridized carbons (Fsp3) is 0.185. The van der Waals surface area contributed by atoms with Crippen molar-refractivity contribution in [3.05, 3.63) is 99.1 Å². The van der Waals surface area contributed by atoms with Gasteiger partial charge in [-0.2, -0.15) is 5.26 Å². The molecule has 0 radical (unpaired) electrons. The lowest BCUT2D eigenvalue weighted by Crippen LogP contribution is -2.39. The van der Waals surface area contributed by atoms with Gasteiger partial charge in [-0.3, -0.25) is 9.36 Å². The van der Waals surface area contributed by atoms with E-state index in [0.29, 0.717) is 45.2 Å². The fourth-order valence-electron chi connectivity index (χ4n) is 4.13. The maximum Gasteiger partial charge on any atom is 0.322 e.